The third-order valence-electron chi connectivity index (χ3n) is 3.45. The van der Waals surface area contributed by atoms with Crippen molar-refractivity contribution in [2.75, 3.05) is 13.7 Å². The van der Waals surface area contributed by atoms with Crippen molar-refractivity contribution in [3.05, 3.63) is 0 Å². The van der Waals surface area contributed by atoms with Crippen molar-refractivity contribution in [1.82, 2.24) is 5.32 Å². The van der Waals surface area contributed by atoms with Gasteiger partial charge in [-0.05, 0) is 32.7 Å². The molecule has 0 aromatic rings. The van der Waals surface area contributed by atoms with Gasteiger partial charge in [-0.15, -0.1) is 0 Å². The van der Waals surface area contributed by atoms with Gasteiger partial charge in [-0.3, -0.25) is 0 Å². The minimum atomic E-state index is 0.486. The summed E-state index contributed by atoms with van der Waals surface area (Å²) in [5, 5.41) is 3.46. The number of rotatable bonds is 4. The molecule has 2 rings (SSSR count). The van der Waals surface area contributed by atoms with E-state index in [0.29, 0.717) is 12.1 Å². The van der Waals surface area contributed by atoms with Gasteiger partial charge in [-0.25, -0.2) is 0 Å². The number of hydrogen-bond acceptors (Lipinski definition) is 2. The van der Waals surface area contributed by atoms with Crippen LogP contribution in [-0.4, -0.2) is 25.8 Å². The average Bonchev–Trinajstić information content (AvgIpc) is 2.84. The summed E-state index contributed by atoms with van der Waals surface area (Å²) in [6.45, 7) is 3.16. The van der Waals surface area contributed by atoms with E-state index in [2.05, 4.69) is 19.3 Å². The summed E-state index contributed by atoms with van der Waals surface area (Å²) >= 11 is 0. The van der Waals surface area contributed by atoms with Gasteiger partial charge in [0.1, 0.15) is 0 Å². The second-order valence-corrected chi connectivity index (χ2v) is 4.71. The molecule has 13 heavy (non-hydrogen) atoms. The molecular formula is C11H21NO. The Morgan fingerprint density at radius 3 is 2.69 bits per heavy atom. The average molecular weight is 183 g/mol. The molecule has 2 aliphatic rings. The molecule has 3 atom stereocenters. The van der Waals surface area contributed by atoms with E-state index in [4.69, 9.17) is 4.74 Å². The second-order valence-electron chi connectivity index (χ2n) is 4.71. The maximum Gasteiger partial charge on any atom is 0.0551 e. The van der Waals surface area contributed by atoms with E-state index < -0.39 is 0 Å². The fraction of sp³-hybridized carbons (Fsp3) is 1.00. The minimum absolute atomic E-state index is 0.486. The first-order chi connectivity index (χ1) is 6.29. The molecule has 1 aliphatic heterocycles. The monoisotopic (exact) mass is 183 g/mol. The summed E-state index contributed by atoms with van der Waals surface area (Å²) in [6.07, 6.45) is 6.03. The third kappa shape index (κ3) is 2.44. The summed E-state index contributed by atoms with van der Waals surface area (Å²) in [5.74, 6) is 1.79. The predicted octanol–water partition coefficient (Wildman–Crippen LogP) is 1.80. The topological polar surface area (TPSA) is 21.3 Å². The molecule has 0 aromatic carbocycles. The Hall–Kier alpha value is -0.0800. The Balaban J connectivity index is 1.80. The molecular weight excluding hydrogens is 162 g/mol. The summed E-state index contributed by atoms with van der Waals surface area (Å²) in [4.78, 5) is 0. The van der Waals surface area contributed by atoms with E-state index in [1.54, 1.807) is 0 Å². The third-order valence-corrected chi connectivity index (χ3v) is 3.45. The summed E-state index contributed by atoms with van der Waals surface area (Å²) in [5.41, 5.74) is 0. The van der Waals surface area contributed by atoms with Crippen LogP contribution in [0.25, 0.3) is 0 Å². The summed E-state index contributed by atoms with van der Waals surface area (Å²) < 4.78 is 5.61. The molecule has 1 heterocycles. The van der Waals surface area contributed by atoms with Gasteiger partial charge in [0.15, 0.2) is 0 Å². The van der Waals surface area contributed by atoms with E-state index in [9.17, 15) is 0 Å². The van der Waals surface area contributed by atoms with E-state index in [0.717, 1.165) is 18.4 Å². The van der Waals surface area contributed by atoms with E-state index in [-0.39, 0.29) is 0 Å². The van der Waals surface area contributed by atoms with E-state index in [1.807, 2.05) is 0 Å². The molecule has 1 N–H and O–H groups in total. The lowest BCUT2D eigenvalue weighted by molar-refractivity contribution is 0.116. The highest BCUT2D eigenvalue weighted by Crippen LogP contribution is 2.36. The summed E-state index contributed by atoms with van der Waals surface area (Å²) in [6, 6.07) is 0.706. The Bertz CT molecular complexity index is 167. The van der Waals surface area contributed by atoms with E-state index >= 15 is 0 Å². The molecule has 3 unspecified atom stereocenters. The number of ether oxygens (including phenoxy) is 1. The van der Waals surface area contributed by atoms with E-state index in [1.165, 1.54) is 25.7 Å². The molecule has 2 heteroatoms. The first-order valence-corrected chi connectivity index (χ1v) is 5.58. The maximum absolute atomic E-state index is 5.61. The summed E-state index contributed by atoms with van der Waals surface area (Å²) in [7, 11) is 2.09. The highest BCUT2D eigenvalue weighted by Gasteiger charge is 2.33. The number of hydrogen-bond donors (Lipinski definition) is 1. The van der Waals surface area contributed by atoms with Crippen LogP contribution in [0.4, 0.5) is 0 Å². The maximum atomic E-state index is 5.61. The first-order valence-electron chi connectivity index (χ1n) is 5.58. The van der Waals surface area contributed by atoms with Gasteiger partial charge in [0.25, 0.3) is 0 Å². The molecule has 0 bridgehead atoms. The van der Waals surface area contributed by atoms with Crippen LogP contribution >= 0.6 is 0 Å². The van der Waals surface area contributed by atoms with Crippen LogP contribution in [0.1, 0.15) is 32.6 Å². The van der Waals surface area contributed by atoms with Crippen molar-refractivity contribution >= 4 is 0 Å². The lowest BCUT2D eigenvalue weighted by atomic mass is 9.93. The fourth-order valence-corrected chi connectivity index (χ4v) is 2.39. The van der Waals surface area contributed by atoms with Gasteiger partial charge in [-0.2, -0.15) is 0 Å². The molecule has 0 aromatic heterocycles. The van der Waals surface area contributed by atoms with Crippen LogP contribution in [0.3, 0.4) is 0 Å². The van der Waals surface area contributed by atoms with Crippen LogP contribution in [0, 0.1) is 11.8 Å². The van der Waals surface area contributed by atoms with Crippen LogP contribution in [-0.2, 0) is 4.74 Å². The molecule has 0 spiro atoms. The molecule has 1 saturated carbocycles. The van der Waals surface area contributed by atoms with Gasteiger partial charge in [0, 0.05) is 12.0 Å². The van der Waals surface area contributed by atoms with Crippen LogP contribution < -0.4 is 5.32 Å². The smallest absolute Gasteiger partial charge is 0.0551 e. The van der Waals surface area contributed by atoms with Crippen molar-refractivity contribution < 1.29 is 4.74 Å². The van der Waals surface area contributed by atoms with Crippen molar-refractivity contribution in [2.24, 2.45) is 11.8 Å². The molecule has 1 aliphatic carbocycles. The van der Waals surface area contributed by atoms with Gasteiger partial charge < -0.3 is 10.1 Å². The van der Waals surface area contributed by atoms with Gasteiger partial charge in [0.05, 0.1) is 12.7 Å². The quantitative estimate of drug-likeness (QED) is 0.717. The zero-order chi connectivity index (χ0) is 9.26. The fourth-order valence-electron chi connectivity index (χ4n) is 2.39. The van der Waals surface area contributed by atoms with Crippen molar-refractivity contribution in [3.63, 3.8) is 0 Å². The first kappa shape index (κ1) is 9.47. The molecule has 0 radical (unpaired) electrons. The molecule has 2 fully saturated rings. The van der Waals surface area contributed by atoms with Crippen molar-refractivity contribution in [3.8, 4) is 0 Å². The Kier molecular flexibility index (Phi) is 2.89. The Morgan fingerprint density at radius 1 is 1.46 bits per heavy atom. The second kappa shape index (κ2) is 3.97. The highest BCUT2D eigenvalue weighted by atomic mass is 16.5. The standard InChI is InChI=1S/C11H21NO/c1-8-5-10(7-13-8)11(12-2)6-9-3-4-9/h8-12H,3-7H2,1-2H3. The largest absolute Gasteiger partial charge is 0.378 e. The van der Waals surface area contributed by atoms with Crippen LogP contribution in [0.15, 0.2) is 0 Å². The van der Waals surface area contributed by atoms with Gasteiger partial charge in [-0.1, -0.05) is 12.8 Å². The number of nitrogens with one attached hydrogen (secondary N) is 1. The zero-order valence-electron chi connectivity index (χ0n) is 8.75. The van der Waals surface area contributed by atoms with Crippen LogP contribution in [0.2, 0.25) is 0 Å². The van der Waals surface area contributed by atoms with Gasteiger partial charge in [0.2, 0.25) is 0 Å². The van der Waals surface area contributed by atoms with Crippen LogP contribution in [0.5, 0.6) is 0 Å². The molecule has 1 saturated heterocycles. The van der Waals surface area contributed by atoms with Crippen molar-refractivity contribution in [1.29, 1.82) is 0 Å². The SMILES string of the molecule is CNC(CC1CC1)C1COC(C)C1. The Morgan fingerprint density at radius 2 is 2.23 bits per heavy atom. The normalized spacial score (nSPS) is 36.5. The zero-order valence-corrected chi connectivity index (χ0v) is 8.75. The lowest BCUT2D eigenvalue weighted by Crippen LogP contribution is -2.34. The lowest BCUT2D eigenvalue weighted by Gasteiger charge is -2.21. The Labute approximate surface area is 81.0 Å². The molecule has 76 valence electrons. The van der Waals surface area contributed by atoms with Crippen molar-refractivity contribution in [2.45, 2.75) is 44.8 Å². The predicted molar refractivity (Wildman–Crippen MR) is 53.7 cm³/mol. The highest BCUT2D eigenvalue weighted by molar-refractivity contribution is 4.86. The van der Waals surface area contributed by atoms with Gasteiger partial charge >= 0.3 is 0 Å². The molecule has 2 nitrogen and oxygen atoms in total. The molecule has 0 amide bonds. The minimum Gasteiger partial charge on any atom is -0.378 e.